The lowest BCUT2D eigenvalue weighted by atomic mass is 10.1. The smallest absolute Gasteiger partial charge is 0.330 e. The van der Waals surface area contributed by atoms with Crippen molar-refractivity contribution in [3.05, 3.63) is 22.7 Å². The van der Waals surface area contributed by atoms with Crippen LogP contribution in [-0.4, -0.2) is 48.7 Å². The first kappa shape index (κ1) is 19.4. The average Bonchev–Trinajstić information content (AvgIpc) is 2.46. The molecule has 0 radical (unpaired) electrons. The number of rotatable bonds is 8. The van der Waals surface area contributed by atoms with Gasteiger partial charge in [0.15, 0.2) is 0 Å². The summed E-state index contributed by atoms with van der Waals surface area (Å²) >= 11 is 3.42. The van der Waals surface area contributed by atoms with Crippen LogP contribution in [0.3, 0.4) is 0 Å². The molecule has 0 saturated carbocycles. The van der Waals surface area contributed by atoms with Crippen LogP contribution in [-0.2, 0) is 19.0 Å². The van der Waals surface area contributed by atoms with Gasteiger partial charge in [-0.3, -0.25) is 0 Å². The summed E-state index contributed by atoms with van der Waals surface area (Å²) < 4.78 is 17.3. The first-order valence-corrected chi connectivity index (χ1v) is 8.46. The number of esters is 1. The minimum absolute atomic E-state index is 0.304. The summed E-state index contributed by atoms with van der Waals surface area (Å²) in [7, 11) is 0. The zero-order valence-corrected chi connectivity index (χ0v) is 14.9. The van der Waals surface area contributed by atoms with Gasteiger partial charge in [0.05, 0.1) is 12.7 Å². The van der Waals surface area contributed by atoms with Crippen LogP contribution >= 0.6 is 15.9 Å². The maximum absolute atomic E-state index is 11.5. The second kappa shape index (κ2) is 10.2. The van der Waals surface area contributed by atoms with Crippen LogP contribution < -0.4 is 0 Å². The molecule has 6 heteroatoms. The van der Waals surface area contributed by atoms with Gasteiger partial charge in [-0.2, -0.15) is 0 Å². The molecule has 0 bridgehead atoms. The van der Waals surface area contributed by atoms with Crippen molar-refractivity contribution >= 4 is 21.9 Å². The molecule has 1 heterocycles. The highest BCUT2D eigenvalue weighted by Crippen LogP contribution is 2.28. The van der Waals surface area contributed by atoms with E-state index in [1.54, 1.807) is 19.9 Å². The van der Waals surface area contributed by atoms with Crippen molar-refractivity contribution in [1.29, 1.82) is 0 Å². The number of ether oxygens (including phenoxy) is 3. The molecule has 0 unspecified atom stereocenters. The van der Waals surface area contributed by atoms with Crippen molar-refractivity contribution in [2.45, 2.75) is 58.0 Å². The first-order valence-electron chi connectivity index (χ1n) is 7.66. The van der Waals surface area contributed by atoms with Gasteiger partial charge in [0, 0.05) is 17.2 Å². The number of carbonyl (C=O) groups excluding carboxylic acids is 1. The molecule has 22 heavy (non-hydrogen) atoms. The molecule has 1 N–H and O–H groups in total. The molecule has 0 aliphatic carbocycles. The summed E-state index contributed by atoms with van der Waals surface area (Å²) in [6.07, 6.45) is 4.97. The largest absolute Gasteiger partial charge is 0.463 e. The summed E-state index contributed by atoms with van der Waals surface area (Å²) in [5, 5.41) is 9.77. The van der Waals surface area contributed by atoms with Crippen molar-refractivity contribution in [2.24, 2.45) is 0 Å². The van der Waals surface area contributed by atoms with Gasteiger partial charge in [-0.25, -0.2) is 4.79 Å². The topological polar surface area (TPSA) is 65.0 Å². The highest BCUT2D eigenvalue weighted by Gasteiger charge is 2.32. The van der Waals surface area contributed by atoms with Gasteiger partial charge in [0.2, 0.25) is 0 Å². The molecule has 1 rings (SSSR count). The van der Waals surface area contributed by atoms with E-state index in [0.717, 1.165) is 17.3 Å². The zero-order chi connectivity index (χ0) is 16.5. The Hall–Kier alpha value is -0.690. The Kier molecular flexibility index (Phi) is 8.93. The Balaban J connectivity index is 2.80. The molecule has 1 aliphatic rings. The Morgan fingerprint density at radius 2 is 2.27 bits per heavy atom. The van der Waals surface area contributed by atoms with Gasteiger partial charge in [-0.1, -0.05) is 29.3 Å². The molecule has 0 amide bonds. The first-order chi connectivity index (χ1) is 10.5. The standard InChI is InChI=1S/C16H25BrO5/c1-4-6-9-21-14-10-12(17)16(11(3)18)22-13(14)7-8-15(19)20-5-2/h7-8,10-11,13-14,16,18H,4-6,9H2,1-3H3/b8-7-/t11-,13+,14+,16+/m0/s1. The van der Waals surface area contributed by atoms with Gasteiger partial charge in [-0.05, 0) is 32.4 Å². The van der Waals surface area contributed by atoms with E-state index in [9.17, 15) is 9.90 Å². The van der Waals surface area contributed by atoms with E-state index in [4.69, 9.17) is 14.2 Å². The normalized spacial score (nSPS) is 26.8. The lowest BCUT2D eigenvalue weighted by Gasteiger charge is -2.34. The number of aliphatic hydroxyl groups is 1. The van der Waals surface area contributed by atoms with Crippen molar-refractivity contribution < 1.29 is 24.1 Å². The molecule has 0 saturated heterocycles. The fourth-order valence-electron chi connectivity index (χ4n) is 2.03. The molecular formula is C16H25BrO5. The maximum Gasteiger partial charge on any atom is 0.330 e. The second-order valence-electron chi connectivity index (χ2n) is 5.11. The summed E-state index contributed by atoms with van der Waals surface area (Å²) in [5.74, 6) is -0.416. The molecular weight excluding hydrogens is 352 g/mol. The molecule has 0 spiro atoms. The predicted molar refractivity (Wildman–Crippen MR) is 87.8 cm³/mol. The second-order valence-corrected chi connectivity index (χ2v) is 6.03. The third-order valence-electron chi connectivity index (χ3n) is 3.18. The molecule has 0 fully saturated rings. The number of halogens is 1. The van der Waals surface area contributed by atoms with E-state index in [1.165, 1.54) is 6.08 Å². The average molecular weight is 377 g/mol. The van der Waals surface area contributed by atoms with Crippen molar-refractivity contribution in [1.82, 2.24) is 0 Å². The predicted octanol–water partition coefficient (Wildman–Crippen LogP) is 2.72. The van der Waals surface area contributed by atoms with Crippen LogP contribution in [0.25, 0.3) is 0 Å². The number of carbonyl (C=O) groups is 1. The van der Waals surface area contributed by atoms with Crippen LogP contribution in [0.15, 0.2) is 22.7 Å². The number of aliphatic hydroxyl groups excluding tert-OH is 1. The van der Waals surface area contributed by atoms with Gasteiger partial charge in [-0.15, -0.1) is 0 Å². The van der Waals surface area contributed by atoms with Crippen LogP contribution in [0.5, 0.6) is 0 Å². The molecule has 5 nitrogen and oxygen atoms in total. The number of hydrogen-bond acceptors (Lipinski definition) is 5. The SMILES string of the molecule is CCCCO[C@@H]1C=C(Br)[C@@H]([C@H](C)O)O[C@@H]1/C=C\C(=O)OCC. The van der Waals surface area contributed by atoms with E-state index < -0.39 is 24.3 Å². The third kappa shape index (κ3) is 6.20. The fourth-order valence-corrected chi connectivity index (χ4v) is 2.78. The van der Waals surface area contributed by atoms with Gasteiger partial charge < -0.3 is 19.3 Å². The minimum Gasteiger partial charge on any atom is -0.463 e. The van der Waals surface area contributed by atoms with Crippen molar-refractivity contribution in [3.8, 4) is 0 Å². The third-order valence-corrected chi connectivity index (χ3v) is 3.89. The van der Waals surface area contributed by atoms with E-state index in [1.807, 2.05) is 6.08 Å². The van der Waals surface area contributed by atoms with Crippen LogP contribution in [0, 0.1) is 0 Å². The maximum atomic E-state index is 11.5. The van der Waals surface area contributed by atoms with Gasteiger partial charge in [0.1, 0.15) is 18.3 Å². The highest BCUT2D eigenvalue weighted by molar-refractivity contribution is 9.11. The summed E-state index contributed by atoms with van der Waals surface area (Å²) in [6, 6.07) is 0. The minimum atomic E-state index is -0.666. The van der Waals surface area contributed by atoms with E-state index in [-0.39, 0.29) is 6.10 Å². The lowest BCUT2D eigenvalue weighted by molar-refractivity contribution is -0.137. The Labute approximate surface area is 140 Å². The van der Waals surface area contributed by atoms with E-state index >= 15 is 0 Å². The highest BCUT2D eigenvalue weighted by atomic mass is 79.9. The number of unbranched alkanes of at least 4 members (excludes halogenated alkanes) is 1. The summed E-state index contributed by atoms with van der Waals surface area (Å²) in [6.45, 7) is 6.44. The van der Waals surface area contributed by atoms with E-state index in [2.05, 4.69) is 22.9 Å². The van der Waals surface area contributed by atoms with Crippen LogP contribution in [0.2, 0.25) is 0 Å². The van der Waals surface area contributed by atoms with Crippen LogP contribution in [0.1, 0.15) is 33.6 Å². The van der Waals surface area contributed by atoms with Gasteiger partial charge in [0.25, 0.3) is 0 Å². The quantitative estimate of drug-likeness (QED) is 0.400. The summed E-state index contributed by atoms with van der Waals surface area (Å²) in [4.78, 5) is 11.5. The van der Waals surface area contributed by atoms with Crippen molar-refractivity contribution in [3.63, 3.8) is 0 Å². The van der Waals surface area contributed by atoms with Crippen LogP contribution in [0.4, 0.5) is 0 Å². The Bertz CT molecular complexity index is 405. The molecule has 0 aromatic carbocycles. The summed E-state index contributed by atoms with van der Waals surface area (Å²) in [5.41, 5.74) is 0. The molecule has 0 aromatic heterocycles. The number of hydrogen-bond donors (Lipinski definition) is 1. The van der Waals surface area contributed by atoms with E-state index in [0.29, 0.717) is 13.2 Å². The molecule has 126 valence electrons. The molecule has 1 aliphatic heterocycles. The molecule has 4 atom stereocenters. The molecule has 0 aromatic rings. The zero-order valence-electron chi connectivity index (χ0n) is 13.3. The monoisotopic (exact) mass is 376 g/mol. The Morgan fingerprint density at radius 3 is 2.86 bits per heavy atom. The lowest BCUT2D eigenvalue weighted by Crippen LogP contribution is -2.41. The van der Waals surface area contributed by atoms with Gasteiger partial charge >= 0.3 is 5.97 Å². The fraction of sp³-hybridized carbons (Fsp3) is 0.688. The Morgan fingerprint density at radius 1 is 1.55 bits per heavy atom. The van der Waals surface area contributed by atoms with Crippen molar-refractivity contribution in [2.75, 3.05) is 13.2 Å².